The predicted octanol–water partition coefficient (Wildman–Crippen LogP) is 5.11. The summed E-state index contributed by atoms with van der Waals surface area (Å²) in [5.41, 5.74) is 4.00. The third-order valence-electron chi connectivity index (χ3n) is 8.57. The van der Waals surface area contributed by atoms with Crippen LogP contribution in [0, 0.1) is 0 Å². The van der Waals surface area contributed by atoms with Crippen LogP contribution in [0.25, 0.3) is 0 Å². The van der Waals surface area contributed by atoms with Crippen LogP contribution >= 0.6 is 23.2 Å². The number of ether oxygens (including phenoxy) is 3. The first-order valence-electron chi connectivity index (χ1n) is 15.9. The van der Waals surface area contributed by atoms with Gasteiger partial charge in [-0.2, -0.15) is 0 Å². The van der Waals surface area contributed by atoms with Crippen molar-refractivity contribution in [3.63, 3.8) is 0 Å². The Bertz CT molecular complexity index is 1620. The number of hydrogen-bond acceptors (Lipinski definition) is 9. The first kappa shape index (κ1) is 33.0. The molecule has 47 heavy (non-hydrogen) atoms. The largest absolute Gasteiger partial charge is 0.491 e. The highest BCUT2D eigenvalue weighted by molar-refractivity contribution is 6.35. The van der Waals surface area contributed by atoms with Gasteiger partial charge in [-0.05, 0) is 77.9 Å². The number of piperazine rings is 1. The standard InChI is InChI=1S/C34H39Cl2N7O4/c1-3-24(2)38-33(44)18-25-4-7-27(8-5-25)41-14-16-42(17-15-41)28-9-11-29(12-10-28)45-20-30-21-46-34(47-30,22-43-23-37-39-40-43)31-13-6-26(35)19-32(31)36/h4-13,19,23-24,30H,3,14-18,20-22H2,1-2H3,(H,38,44)/t24?,30-,34-/m1/s1. The topological polar surface area (TPSA) is 107 Å². The minimum Gasteiger partial charge on any atom is -0.491 e. The molecule has 1 amide bonds. The summed E-state index contributed by atoms with van der Waals surface area (Å²) in [5.74, 6) is -0.379. The molecule has 3 aromatic carbocycles. The second-order valence-electron chi connectivity index (χ2n) is 11.9. The molecule has 0 bridgehead atoms. The maximum Gasteiger partial charge on any atom is 0.224 e. The number of amides is 1. The van der Waals surface area contributed by atoms with Crippen LogP contribution < -0.4 is 19.9 Å². The lowest BCUT2D eigenvalue weighted by atomic mass is 10.1. The van der Waals surface area contributed by atoms with Gasteiger partial charge in [-0.25, -0.2) is 4.68 Å². The summed E-state index contributed by atoms with van der Waals surface area (Å²) in [4.78, 5) is 17.0. The number of hydrogen-bond donors (Lipinski definition) is 1. The van der Waals surface area contributed by atoms with E-state index in [1.165, 1.54) is 12.0 Å². The molecule has 248 valence electrons. The number of rotatable bonds is 12. The molecule has 0 spiro atoms. The average molecular weight is 681 g/mol. The molecule has 0 radical (unpaired) electrons. The summed E-state index contributed by atoms with van der Waals surface area (Å²) in [6.45, 7) is 8.54. The molecule has 2 aliphatic rings. The molecule has 0 saturated carbocycles. The van der Waals surface area contributed by atoms with E-state index in [1.54, 1.807) is 22.9 Å². The van der Waals surface area contributed by atoms with Crippen molar-refractivity contribution in [2.75, 3.05) is 49.2 Å². The van der Waals surface area contributed by atoms with Crippen LogP contribution in [0.5, 0.6) is 5.75 Å². The highest BCUT2D eigenvalue weighted by Gasteiger charge is 2.45. The molecule has 3 atom stereocenters. The number of halogens is 2. The van der Waals surface area contributed by atoms with E-state index in [1.807, 2.05) is 19.1 Å². The molecule has 6 rings (SSSR count). The number of tetrazole rings is 1. The maximum atomic E-state index is 12.2. The number of benzene rings is 3. The number of carbonyl (C=O) groups is 1. The normalized spacial score (nSPS) is 20.3. The summed E-state index contributed by atoms with van der Waals surface area (Å²) in [6, 6.07) is 21.9. The summed E-state index contributed by atoms with van der Waals surface area (Å²) in [7, 11) is 0. The molecule has 2 fully saturated rings. The van der Waals surface area contributed by atoms with Crippen LogP contribution in [0.2, 0.25) is 10.0 Å². The van der Waals surface area contributed by atoms with Crippen molar-refractivity contribution in [1.29, 1.82) is 0 Å². The van der Waals surface area contributed by atoms with Gasteiger partial charge in [0.15, 0.2) is 0 Å². The lowest BCUT2D eigenvalue weighted by molar-refractivity contribution is -0.190. The van der Waals surface area contributed by atoms with E-state index in [9.17, 15) is 4.79 Å². The summed E-state index contributed by atoms with van der Waals surface area (Å²) in [6.07, 6.45) is 2.48. The van der Waals surface area contributed by atoms with Gasteiger partial charge in [0.05, 0.1) is 18.1 Å². The van der Waals surface area contributed by atoms with Crippen molar-refractivity contribution >= 4 is 40.5 Å². The van der Waals surface area contributed by atoms with Crippen molar-refractivity contribution < 1.29 is 19.0 Å². The van der Waals surface area contributed by atoms with E-state index in [4.69, 9.17) is 37.4 Å². The van der Waals surface area contributed by atoms with Crippen LogP contribution in [0.4, 0.5) is 11.4 Å². The van der Waals surface area contributed by atoms with E-state index < -0.39 is 5.79 Å². The van der Waals surface area contributed by atoms with Crippen molar-refractivity contribution in [1.82, 2.24) is 25.5 Å². The first-order chi connectivity index (χ1) is 22.8. The second-order valence-corrected chi connectivity index (χ2v) is 12.8. The molecular formula is C34H39Cl2N7O4. The van der Waals surface area contributed by atoms with Gasteiger partial charge >= 0.3 is 0 Å². The van der Waals surface area contributed by atoms with Crippen LogP contribution in [0.15, 0.2) is 73.1 Å². The first-order valence-corrected chi connectivity index (χ1v) is 16.6. The summed E-state index contributed by atoms with van der Waals surface area (Å²) < 4.78 is 20.3. The van der Waals surface area contributed by atoms with E-state index in [0.717, 1.165) is 49.6 Å². The molecule has 2 saturated heterocycles. The number of carbonyl (C=O) groups excluding carboxylic acids is 1. The minimum atomic E-state index is -1.19. The van der Waals surface area contributed by atoms with Gasteiger partial charge in [0.1, 0.15) is 31.3 Å². The van der Waals surface area contributed by atoms with Gasteiger partial charge in [0.2, 0.25) is 11.7 Å². The highest BCUT2D eigenvalue weighted by Crippen LogP contribution is 2.40. The Kier molecular flexibility index (Phi) is 10.5. The lowest BCUT2D eigenvalue weighted by Crippen LogP contribution is -2.46. The minimum absolute atomic E-state index is 0.0666. The molecule has 3 heterocycles. The molecule has 11 nitrogen and oxygen atoms in total. The van der Waals surface area contributed by atoms with Crippen LogP contribution in [-0.4, -0.2) is 77.7 Å². The molecule has 1 unspecified atom stereocenters. The Balaban J connectivity index is 0.994. The van der Waals surface area contributed by atoms with E-state index in [-0.39, 0.29) is 24.6 Å². The smallest absolute Gasteiger partial charge is 0.224 e. The zero-order chi connectivity index (χ0) is 32.8. The predicted molar refractivity (Wildman–Crippen MR) is 181 cm³/mol. The molecule has 13 heteroatoms. The number of aromatic nitrogens is 4. The molecule has 1 aromatic heterocycles. The fourth-order valence-electron chi connectivity index (χ4n) is 5.82. The monoisotopic (exact) mass is 679 g/mol. The quantitative estimate of drug-likeness (QED) is 0.219. The highest BCUT2D eigenvalue weighted by atomic mass is 35.5. The molecule has 1 N–H and O–H groups in total. The summed E-state index contributed by atoms with van der Waals surface area (Å²) in [5, 5.41) is 15.4. The van der Waals surface area contributed by atoms with Gasteiger partial charge in [0, 0.05) is 54.2 Å². The fourth-order valence-corrected chi connectivity index (χ4v) is 6.38. The van der Waals surface area contributed by atoms with Crippen molar-refractivity contribution in [3.8, 4) is 5.75 Å². The Hall–Kier alpha value is -3.90. The third kappa shape index (κ3) is 8.16. The SMILES string of the molecule is CCC(C)NC(=O)Cc1ccc(N2CCN(c3ccc(OC[C@@H]4CO[C@@](Cn5cnnn5)(c5ccc(Cl)cc5Cl)O4)cc3)CC2)cc1. The van der Waals surface area contributed by atoms with Gasteiger partial charge < -0.3 is 29.3 Å². The Morgan fingerprint density at radius 3 is 2.32 bits per heavy atom. The number of nitrogens with one attached hydrogen (secondary N) is 1. The van der Waals surface area contributed by atoms with Gasteiger partial charge in [-0.3, -0.25) is 4.79 Å². The van der Waals surface area contributed by atoms with E-state index in [2.05, 4.69) is 74.0 Å². The van der Waals surface area contributed by atoms with Crippen molar-refractivity contribution in [3.05, 3.63) is 94.2 Å². The Morgan fingerprint density at radius 2 is 1.70 bits per heavy atom. The van der Waals surface area contributed by atoms with Gasteiger partial charge in [0.25, 0.3) is 0 Å². The van der Waals surface area contributed by atoms with Crippen molar-refractivity contribution in [2.24, 2.45) is 0 Å². The van der Waals surface area contributed by atoms with Crippen LogP contribution in [-0.2, 0) is 33.0 Å². The van der Waals surface area contributed by atoms with Gasteiger partial charge in [-0.1, -0.05) is 48.3 Å². The third-order valence-corrected chi connectivity index (χ3v) is 9.11. The molecule has 4 aromatic rings. The Labute approximate surface area is 284 Å². The number of anilines is 2. The van der Waals surface area contributed by atoms with E-state index >= 15 is 0 Å². The molecule has 2 aliphatic heterocycles. The maximum absolute atomic E-state index is 12.2. The zero-order valence-corrected chi connectivity index (χ0v) is 28.0. The number of nitrogens with zero attached hydrogens (tertiary/aromatic N) is 6. The molecule has 0 aliphatic carbocycles. The van der Waals surface area contributed by atoms with Gasteiger partial charge in [-0.15, -0.1) is 5.10 Å². The Morgan fingerprint density at radius 1 is 1.02 bits per heavy atom. The fraction of sp³-hybridized carbons (Fsp3) is 0.412. The second kappa shape index (κ2) is 14.9. The average Bonchev–Trinajstić information content (AvgIpc) is 3.75. The van der Waals surface area contributed by atoms with E-state index in [0.29, 0.717) is 35.2 Å². The summed E-state index contributed by atoms with van der Waals surface area (Å²) >= 11 is 12.7. The zero-order valence-electron chi connectivity index (χ0n) is 26.5. The van der Waals surface area contributed by atoms with Crippen LogP contribution in [0.1, 0.15) is 31.4 Å². The lowest BCUT2D eigenvalue weighted by Gasteiger charge is -2.37. The van der Waals surface area contributed by atoms with Crippen LogP contribution in [0.3, 0.4) is 0 Å². The molecular weight excluding hydrogens is 641 g/mol. The van der Waals surface area contributed by atoms with Crippen molar-refractivity contribution in [2.45, 2.75) is 51.2 Å².